The molecule has 0 saturated carbocycles. The molecule has 2 N–H and O–H groups in total. The van der Waals surface area contributed by atoms with Crippen molar-refractivity contribution in [1.82, 2.24) is 4.31 Å². The van der Waals surface area contributed by atoms with Gasteiger partial charge in [0.05, 0.1) is 10.5 Å². The molecule has 0 amide bonds. The van der Waals surface area contributed by atoms with Gasteiger partial charge in [-0.25, -0.2) is 12.8 Å². The van der Waals surface area contributed by atoms with Gasteiger partial charge in [0.1, 0.15) is 5.82 Å². The van der Waals surface area contributed by atoms with Crippen LogP contribution in [0.5, 0.6) is 0 Å². The lowest BCUT2D eigenvalue weighted by molar-refractivity contribution is -0.140. The van der Waals surface area contributed by atoms with Crippen LogP contribution in [0.2, 0.25) is 0 Å². The molecule has 22 heavy (non-hydrogen) atoms. The van der Waals surface area contributed by atoms with Crippen molar-refractivity contribution in [1.29, 1.82) is 0 Å². The van der Waals surface area contributed by atoms with Gasteiger partial charge < -0.3 is 5.73 Å². The van der Waals surface area contributed by atoms with Crippen molar-refractivity contribution in [3.63, 3.8) is 0 Å². The Labute approximate surface area is 131 Å². The molecular formula is C12H15ClF4N2O2S. The zero-order chi connectivity index (χ0) is 15.8. The van der Waals surface area contributed by atoms with E-state index in [1.54, 1.807) is 0 Å². The zero-order valence-corrected chi connectivity index (χ0v) is 12.9. The van der Waals surface area contributed by atoms with E-state index in [0.29, 0.717) is 25.1 Å². The van der Waals surface area contributed by atoms with Crippen molar-refractivity contribution < 1.29 is 26.0 Å². The Kier molecular flexibility index (Phi) is 5.82. The fraction of sp³-hybridized carbons (Fsp3) is 0.500. The van der Waals surface area contributed by atoms with E-state index in [1.807, 2.05) is 0 Å². The Morgan fingerprint density at radius 1 is 1.32 bits per heavy atom. The van der Waals surface area contributed by atoms with Gasteiger partial charge in [-0.1, -0.05) is 0 Å². The first-order valence-electron chi connectivity index (χ1n) is 6.23. The van der Waals surface area contributed by atoms with E-state index in [1.165, 1.54) is 0 Å². The lowest BCUT2D eigenvalue weighted by Gasteiger charge is -2.17. The Morgan fingerprint density at radius 3 is 2.41 bits per heavy atom. The fourth-order valence-electron chi connectivity index (χ4n) is 2.24. The second-order valence-electron chi connectivity index (χ2n) is 4.89. The highest BCUT2D eigenvalue weighted by atomic mass is 35.5. The molecule has 1 aliphatic rings. The summed E-state index contributed by atoms with van der Waals surface area (Å²) in [7, 11) is -4.00. The lowest BCUT2D eigenvalue weighted by Crippen LogP contribution is -2.30. The summed E-state index contributed by atoms with van der Waals surface area (Å²) in [6.45, 7) is 0.752. The number of hydrogen-bond acceptors (Lipinski definition) is 3. The molecule has 0 bridgehead atoms. The molecule has 0 spiro atoms. The minimum absolute atomic E-state index is 0. The molecule has 1 aliphatic heterocycles. The van der Waals surface area contributed by atoms with Gasteiger partial charge in [0.25, 0.3) is 0 Å². The van der Waals surface area contributed by atoms with Crippen molar-refractivity contribution in [2.24, 2.45) is 11.7 Å². The molecule has 1 heterocycles. The molecule has 0 aliphatic carbocycles. The van der Waals surface area contributed by atoms with E-state index in [4.69, 9.17) is 5.73 Å². The van der Waals surface area contributed by atoms with E-state index in [2.05, 4.69) is 0 Å². The molecule has 1 aromatic rings. The standard InChI is InChI=1S/C12H14F4N2O2S.ClH/c13-11-5-9(1-2-10(11)12(14,15)16)21(19,20)18-4-3-8(6-17)7-18;/h1-2,5,8H,3-4,6-7,17H2;1H. The maximum atomic E-state index is 13.5. The number of alkyl halides is 3. The fourth-order valence-corrected chi connectivity index (χ4v) is 3.79. The number of nitrogens with zero attached hydrogens (tertiary/aromatic N) is 1. The highest BCUT2D eigenvalue weighted by molar-refractivity contribution is 7.89. The summed E-state index contributed by atoms with van der Waals surface area (Å²) in [5, 5.41) is 0. The third-order valence-corrected chi connectivity index (χ3v) is 5.33. The van der Waals surface area contributed by atoms with Crippen molar-refractivity contribution >= 4 is 22.4 Å². The normalized spacial score (nSPS) is 20.0. The number of nitrogens with two attached hydrogens (primary N) is 1. The molecule has 1 saturated heterocycles. The van der Waals surface area contributed by atoms with Crippen LogP contribution in [-0.2, 0) is 16.2 Å². The van der Waals surface area contributed by atoms with Crippen molar-refractivity contribution in [3.05, 3.63) is 29.6 Å². The van der Waals surface area contributed by atoms with Gasteiger partial charge in [-0.3, -0.25) is 0 Å². The third kappa shape index (κ3) is 3.70. The molecule has 0 radical (unpaired) electrons. The first-order chi connectivity index (χ1) is 9.66. The third-order valence-electron chi connectivity index (χ3n) is 3.47. The second-order valence-corrected chi connectivity index (χ2v) is 6.83. The van der Waals surface area contributed by atoms with Gasteiger partial charge in [0.2, 0.25) is 10.0 Å². The predicted octanol–water partition coefficient (Wildman–Crippen LogP) is 2.24. The molecule has 10 heteroatoms. The summed E-state index contributed by atoms with van der Waals surface area (Å²) in [5.74, 6) is -1.59. The van der Waals surface area contributed by atoms with E-state index < -0.39 is 32.5 Å². The average Bonchev–Trinajstić information content (AvgIpc) is 2.86. The van der Waals surface area contributed by atoms with Crippen LogP contribution in [-0.4, -0.2) is 32.4 Å². The van der Waals surface area contributed by atoms with Crippen LogP contribution in [0.1, 0.15) is 12.0 Å². The summed E-state index contributed by atoms with van der Waals surface area (Å²) in [6.07, 6.45) is -4.27. The van der Waals surface area contributed by atoms with Crippen LogP contribution in [0.3, 0.4) is 0 Å². The number of benzene rings is 1. The average molecular weight is 363 g/mol. The monoisotopic (exact) mass is 362 g/mol. The number of sulfonamides is 1. The largest absolute Gasteiger partial charge is 0.419 e. The maximum Gasteiger partial charge on any atom is 0.419 e. The Morgan fingerprint density at radius 2 is 1.95 bits per heavy atom. The quantitative estimate of drug-likeness (QED) is 0.839. The van der Waals surface area contributed by atoms with E-state index in [0.717, 1.165) is 10.4 Å². The first kappa shape index (κ1) is 19.1. The van der Waals surface area contributed by atoms with Crippen LogP contribution < -0.4 is 5.73 Å². The molecule has 126 valence electrons. The van der Waals surface area contributed by atoms with Gasteiger partial charge in [-0.2, -0.15) is 17.5 Å². The smallest absolute Gasteiger partial charge is 0.330 e. The van der Waals surface area contributed by atoms with Gasteiger partial charge in [0.15, 0.2) is 0 Å². The highest BCUT2D eigenvalue weighted by Crippen LogP contribution is 2.33. The Hall–Kier alpha value is -0.900. The van der Waals surface area contributed by atoms with Crippen LogP contribution in [0.25, 0.3) is 0 Å². The number of halogens is 5. The van der Waals surface area contributed by atoms with E-state index in [9.17, 15) is 26.0 Å². The van der Waals surface area contributed by atoms with Crippen molar-refractivity contribution in [2.45, 2.75) is 17.5 Å². The lowest BCUT2D eigenvalue weighted by atomic mass is 10.1. The minimum atomic E-state index is -4.86. The van der Waals surface area contributed by atoms with Gasteiger partial charge in [0, 0.05) is 13.1 Å². The number of hydrogen-bond donors (Lipinski definition) is 1. The highest BCUT2D eigenvalue weighted by Gasteiger charge is 2.36. The zero-order valence-electron chi connectivity index (χ0n) is 11.3. The number of rotatable bonds is 3. The molecule has 2 rings (SSSR count). The first-order valence-corrected chi connectivity index (χ1v) is 7.67. The predicted molar refractivity (Wildman–Crippen MR) is 74.6 cm³/mol. The van der Waals surface area contributed by atoms with Crippen molar-refractivity contribution in [3.8, 4) is 0 Å². The maximum absolute atomic E-state index is 13.5. The Bertz CT molecular complexity index is 637. The van der Waals surface area contributed by atoms with Gasteiger partial charge in [-0.05, 0) is 37.1 Å². The van der Waals surface area contributed by atoms with Crippen molar-refractivity contribution in [2.75, 3.05) is 19.6 Å². The topological polar surface area (TPSA) is 63.4 Å². The van der Waals surface area contributed by atoms with Crippen LogP contribution in [0, 0.1) is 11.7 Å². The molecular weight excluding hydrogens is 348 g/mol. The van der Waals surface area contributed by atoms with Crippen LogP contribution in [0.4, 0.5) is 17.6 Å². The molecule has 1 aromatic carbocycles. The van der Waals surface area contributed by atoms with E-state index in [-0.39, 0.29) is 31.4 Å². The van der Waals surface area contributed by atoms with Crippen LogP contribution >= 0.6 is 12.4 Å². The van der Waals surface area contributed by atoms with Gasteiger partial charge >= 0.3 is 6.18 Å². The Balaban J connectivity index is 0.00000242. The van der Waals surface area contributed by atoms with Gasteiger partial charge in [-0.15, -0.1) is 12.4 Å². The minimum Gasteiger partial charge on any atom is -0.330 e. The molecule has 4 nitrogen and oxygen atoms in total. The van der Waals surface area contributed by atoms with E-state index >= 15 is 0 Å². The summed E-state index contributed by atoms with van der Waals surface area (Å²) < 4.78 is 76.5. The molecule has 1 unspecified atom stereocenters. The molecule has 1 atom stereocenters. The summed E-state index contributed by atoms with van der Waals surface area (Å²) in [6, 6.07) is 1.63. The molecule has 0 aromatic heterocycles. The molecule has 1 fully saturated rings. The SMILES string of the molecule is Cl.NCC1CCN(S(=O)(=O)c2ccc(C(F)(F)F)c(F)c2)C1. The second kappa shape index (κ2) is 6.69. The van der Waals surface area contributed by atoms with Crippen LogP contribution in [0.15, 0.2) is 23.1 Å². The summed E-state index contributed by atoms with van der Waals surface area (Å²) in [4.78, 5) is -0.481. The summed E-state index contributed by atoms with van der Waals surface area (Å²) in [5.41, 5.74) is 3.98. The summed E-state index contributed by atoms with van der Waals surface area (Å²) >= 11 is 0.